The van der Waals surface area contributed by atoms with Gasteiger partial charge in [-0.05, 0) is 25.8 Å². The summed E-state index contributed by atoms with van der Waals surface area (Å²) in [6.07, 6.45) is 3.92. The van der Waals surface area contributed by atoms with Crippen LogP contribution in [-0.4, -0.2) is 59.9 Å². The number of amides is 2. The van der Waals surface area contributed by atoms with Crippen LogP contribution in [0, 0.1) is 0 Å². The normalized spacial score (nSPS) is 24.8. The van der Waals surface area contributed by atoms with Crippen LogP contribution in [0.5, 0.6) is 0 Å². The molecule has 108 valence electrons. The maximum atomic E-state index is 12.4. The Kier molecular flexibility index (Phi) is 4.80. The van der Waals surface area contributed by atoms with Crippen LogP contribution in [0.4, 0.5) is 0 Å². The molecule has 0 bridgehead atoms. The van der Waals surface area contributed by atoms with E-state index in [2.05, 4.69) is 19.2 Å². The van der Waals surface area contributed by atoms with Gasteiger partial charge >= 0.3 is 0 Å². The summed E-state index contributed by atoms with van der Waals surface area (Å²) in [5.74, 6) is 0.268. The number of fused-ring (bicyclic) bond motifs is 1. The molecule has 2 aliphatic heterocycles. The molecule has 0 aliphatic carbocycles. The van der Waals surface area contributed by atoms with Crippen LogP contribution < -0.4 is 5.32 Å². The Balaban J connectivity index is 1.99. The smallest absolute Gasteiger partial charge is 0.245 e. The van der Waals surface area contributed by atoms with Crippen molar-refractivity contribution in [2.45, 2.75) is 51.6 Å². The van der Waals surface area contributed by atoms with E-state index in [-0.39, 0.29) is 24.4 Å². The van der Waals surface area contributed by atoms with Gasteiger partial charge in [0.1, 0.15) is 6.04 Å². The lowest BCUT2D eigenvalue weighted by molar-refractivity contribution is -0.153. The van der Waals surface area contributed by atoms with Crippen LogP contribution in [0.15, 0.2) is 0 Å². The Morgan fingerprint density at radius 2 is 2.16 bits per heavy atom. The summed E-state index contributed by atoms with van der Waals surface area (Å²) in [5, 5.41) is 3.41. The topological polar surface area (TPSA) is 52.7 Å². The number of hydrogen-bond donors (Lipinski definition) is 1. The van der Waals surface area contributed by atoms with Gasteiger partial charge in [0.05, 0.1) is 6.54 Å². The number of carbonyl (C=O) groups excluding carboxylic acids is 2. The van der Waals surface area contributed by atoms with Crippen molar-refractivity contribution in [2.24, 2.45) is 0 Å². The van der Waals surface area contributed by atoms with E-state index in [1.165, 1.54) is 0 Å². The van der Waals surface area contributed by atoms with Crippen molar-refractivity contribution in [3.8, 4) is 0 Å². The third-order valence-corrected chi connectivity index (χ3v) is 4.07. The fourth-order valence-electron chi connectivity index (χ4n) is 3.18. The lowest BCUT2D eigenvalue weighted by atomic mass is 10.1. The number of likely N-dealkylation sites (N-methyl/N-ethyl adjacent to an activating group) is 1. The summed E-state index contributed by atoms with van der Waals surface area (Å²) < 4.78 is 0. The number of nitrogens with one attached hydrogen (secondary N) is 1. The van der Waals surface area contributed by atoms with Crippen LogP contribution in [0.25, 0.3) is 0 Å². The average molecular weight is 267 g/mol. The maximum absolute atomic E-state index is 12.4. The quantitative estimate of drug-likeness (QED) is 0.766. The Morgan fingerprint density at radius 3 is 2.84 bits per heavy atom. The van der Waals surface area contributed by atoms with Gasteiger partial charge in [0.25, 0.3) is 0 Å². The van der Waals surface area contributed by atoms with E-state index in [1.807, 2.05) is 0 Å². The molecule has 5 nitrogen and oxygen atoms in total. The molecule has 0 saturated carbocycles. The largest absolute Gasteiger partial charge is 0.330 e. The number of carbonyl (C=O) groups is 2. The van der Waals surface area contributed by atoms with Crippen molar-refractivity contribution in [2.75, 3.05) is 26.2 Å². The van der Waals surface area contributed by atoms with Gasteiger partial charge in [0, 0.05) is 19.1 Å². The summed E-state index contributed by atoms with van der Waals surface area (Å²) in [5.41, 5.74) is 0. The second-order valence-corrected chi connectivity index (χ2v) is 5.51. The summed E-state index contributed by atoms with van der Waals surface area (Å²) in [6.45, 7) is 6.80. The minimum atomic E-state index is -0.176. The van der Waals surface area contributed by atoms with Gasteiger partial charge in [0.2, 0.25) is 11.8 Å². The van der Waals surface area contributed by atoms with Gasteiger partial charge in [-0.15, -0.1) is 0 Å². The van der Waals surface area contributed by atoms with Crippen molar-refractivity contribution in [1.29, 1.82) is 0 Å². The van der Waals surface area contributed by atoms with Crippen molar-refractivity contribution < 1.29 is 9.59 Å². The fraction of sp³-hybridized carbons (Fsp3) is 0.857. The molecule has 0 aromatic rings. The molecule has 5 heteroatoms. The second kappa shape index (κ2) is 6.37. The van der Waals surface area contributed by atoms with Gasteiger partial charge < -0.3 is 15.1 Å². The van der Waals surface area contributed by atoms with E-state index in [0.717, 1.165) is 38.8 Å². The summed E-state index contributed by atoms with van der Waals surface area (Å²) in [6, 6.07) is 0.129. The van der Waals surface area contributed by atoms with E-state index in [1.54, 1.807) is 9.80 Å². The fourth-order valence-corrected chi connectivity index (χ4v) is 3.18. The Bertz CT molecular complexity index is 340. The van der Waals surface area contributed by atoms with E-state index in [9.17, 15) is 9.59 Å². The minimum Gasteiger partial charge on any atom is -0.330 e. The number of piperazine rings is 1. The van der Waals surface area contributed by atoms with Crippen LogP contribution in [-0.2, 0) is 9.59 Å². The molecule has 0 aromatic carbocycles. The first-order chi connectivity index (χ1) is 9.17. The lowest BCUT2D eigenvalue weighted by Gasteiger charge is -2.38. The van der Waals surface area contributed by atoms with Gasteiger partial charge in [-0.3, -0.25) is 9.59 Å². The second-order valence-electron chi connectivity index (χ2n) is 5.51. The van der Waals surface area contributed by atoms with Gasteiger partial charge in [-0.25, -0.2) is 0 Å². The van der Waals surface area contributed by atoms with Crippen LogP contribution >= 0.6 is 0 Å². The van der Waals surface area contributed by atoms with E-state index in [4.69, 9.17) is 0 Å². The number of nitrogens with zero attached hydrogens (tertiary/aromatic N) is 2. The molecule has 2 fully saturated rings. The summed E-state index contributed by atoms with van der Waals surface area (Å²) in [7, 11) is 0. The molecule has 1 N–H and O–H groups in total. The zero-order valence-electron chi connectivity index (χ0n) is 12.0. The standard InChI is InChI=1S/C14H25N3O2/c1-3-6-11(15-4-2)9-16-10-13(18)17-8-5-7-12(17)14(16)19/h11-12,15H,3-10H2,1-2H3. The van der Waals surface area contributed by atoms with Gasteiger partial charge in [0.15, 0.2) is 0 Å². The van der Waals surface area contributed by atoms with Crippen LogP contribution in [0.3, 0.4) is 0 Å². The first-order valence-corrected chi connectivity index (χ1v) is 7.49. The Morgan fingerprint density at radius 1 is 1.37 bits per heavy atom. The predicted octanol–water partition coefficient (Wildman–Crippen LogP) is 0.598. The molecule has 2 heterocycles. The summed E-state index contributed by atoms with van der Waals surface area (Å²) >= 11 is 0. The molecule has 0 spiro atoms. The number of hydrogen-bond acceptors (Lipinski definition) is 3. The van der Waals surface area contributed by atoms with Crippen LogP contribution in [0.2, 0.25) is 0 Å². The average Bonchev–Trinajstić information content (AvgIpc) is 2.86. The molecule has 2 amide bonds. The molecule has 0 radical (unpaired) electrons. The molecule has 2 saturated heterocycles. The molecule has 2 atom stereocenters. The van der Waals surface area contributed by atoms with Crippen molar-refractivity contribution in [3.63, 3.8) is 0 Å². The molecular formula is C14H25N3O2. The highest BCUT2D eigenvalue weighted by molar-refractivity contribution is 5.95. The first-order valence-electron chi connectivity index (χ1n) is 7.49. The predicted molar refractivity (Wildman–Crippen MR) is 73.7 cm³/mol. The maximum Gasteiger partial charge on any atom is 0.245 e. The van der Waals surface area contributed by atoms with E-state index >= 15 is 0 Å². The highest BCUT2D eigenvalue weighted by atomic mass is 16.2. The Hall–Kier alpha value is -1.10. The van der Waals surface area contributed by atoms with E-state index in [0.29, 0.717) is 12.6 Å². The zero-order valence-corrected chi connectivity index (χ0v) is 12.0. The number of rotatable bonds is 6. The highest BCUT2D eigenvalue weighted by Crippen LogP contribution is 2.23. The van der Waals surface area contributed by atoms with E-state index < -0.39 is 0 Å². The SMILES string of the molecule is CCCC(CN1CC(=O)N2CCCC2C1=O)NCC. The van der Waals surface area contributed by atoms with Gasteiger partial charge in [-0.2, -0.15) is 0 Å². The lowest BCUT2D eigenvalue weighted by Crippen LogP contribution is -2.59. The highest BCUT2D eigenvalue weighted by Gasteiger charge is 2.42. The van der Waals surface area contributed by atoms with Gasteiger partial charge in [-0.1, -0.05) is 20.3 Å². The van der Waals surface area contributed by atoms with Crippen molar-refractivity contribution in [1.82, 2.24) is 15.1 Å². The third-order valence-electron chi connectivity index (χ3n) is 4.07. The molecule has 0 aromatic heterocycles. The van der Waals surface area contributed by atoms with Crippen molar-refractivity contribution >= 4 is 11.8 Å². The summed E-state index contributed by atoms with van der Waals surface area (Å²) in [4.78, 5) is 28.0. The Labute approximate surface area is 115 Å². The molecule has 2 aliphatic rings. The molecular weight excluding hydrogens is 242 g/mol. The first kappa shape index (κ1) is 14.3. The molecule has 2 rings (SSSR count). The monoisotopic (exact) mass is 267 g/mol. The third kappa shape index (κ3) is 3.08. The molecule has 2 unspecified atom stereocenters. The zero-order chi connectivity index (χ0) is 13.8. The molecule has 19 heavy (non-hydrogen) atoms. The van der Waals surface area contributed by atoms with Crippen LogP contribution in [0.1, 0.15) is 39.5 Å². The minimum absolute atomic E-state index is 0.119. The van der Waals surface area contributed by atoms with Crippen molar-refractivity contribution in [3.05, 3.63) is 0 Å².